The van der Waals surface area contributed by atoms with Crippen molar-refractivity contribution < 1.29 is 9.53 Å². The van der Waals surface area contributed by atoms with Gasteiger partial charge in [0.2, 0.25) is 11.0 Å². The average Bonchev–Trinajstić information content (AvgIpc) is 2.85. The van der Waals surface area contributed by atoms with Gasteiger partial charge in [0.05, 0.1) is 19.0 Å². The molecule has 0 saturated carbocycles. The first-order valence-corrected chi connectivity index (χ1v) is 7.46. The van der Waals surface area contributed by atoms with E-state index in [1.165, 1.54) is 23.1 Å². The number of carbonyl (C=O) groups is 1. The van der Waals surface area contributed by atoms with E-state index in [9.17, 15) is 4.79 Å². The van der Waals surface area contributed by atoms with E-state index in [2.05, 4.69) is 15.1 Å². The van der Waals surface area contributed by atoms with Gasteiger partial charge in [0.15, 0.2) is 4.34 Å². The molecule has 1 aliphatic heterocycles. The maximum Gasteiger partial charge on any atom is 0.232 e. The third kappa shape index (κ3) is 3.56. The minimum absolute atomic E-state index is 0.0862. The Morgan fingerprint density at radius 3 is 2.83 bits per heavy atom. The molecule has 0 aromatic carbocycles. The molecule has 1 fully saturated rings. The van der Waals surface area contributed by atoms with Crippen molar-refractivity contribution in [1.82, 2.24) is 15.1 Å². The van der Waals surface area contributed by atoms with Crippen molar-refractivity contribution in [3.05, 3.63) is 0 Å². The number of morpholine rings is 1. The van der Waals surface area contributed by atoms with Crippen LogP contribution in [0.4, 0.5) is 5.13 Å². The molecule has 8 heteroatoms. The quantitative estimate of drug-likeness (QED) is 0.754. The summed E-state index contributed by atoms with van der Waals surface area (Å²) in [4.78, 5) is 15.2. The molecule has 1 saturated heterocycles. The Kier molecular flexibility index (Phi) is 4.79. The fraction of sp³-hybridized carbons (Fsp3) is 0.700. The molecular formula is C10H16N4O2S2. The summed E-state index contributed by atoms with van der Waals surface area (Å²) >= 11 is 2.97. The summed E-state index contributed by atoms with van der Waals surface area (Å²) in [5, 5.41) is 9.17. The summed E-state index contributed by atoms with van der Waals surface area (Å²) in [5.74, 6) is 0.494. The van der Waals surface area contributed by atoms with Gasteiger partial charge in [-0.1, -0.05) is 23.1 Å². The van der Waals surface area contributed by atoms with Gasteiger partial charge in [0.1, 0.15) is 0 Å². The first-order valence-electron chi connectivity index (χ1n) is 5.66. The van der Waals surface area contributed by atoms with Crippen LogP contribution in [-0.2, 0) is 9.53 Å². The number of aromatic nitrogens is 2. The van der Waals surface area contributed by atoms with Crippen LogP contribution >= 0.6 is 23.1 Å². The molecule has 6 nitrogen and oxygen atoms in total. The molecule has 0 bridgehead atoms. The number of hydrogen-bond donors (Lipinski definition) is 0. The highest BCUT2D eigenvalue weighted by molar-refractivity contribution is 8.01. The molecule has 1 aromatic heterocycles. The molecular weight excluding hydrogens is 272 g/mol. The van der Waals surface area contributed by atoms with Crippen LogP contribution in [0.1, 0.15) is 0 Å². The van der Waals surface area contributed by atoms with Crippen molar-refractivity contribution in [2.45, 2.75) is 4.34 Å². The molecule has 0 aliphatic carbocycles. The second-order valence-electron chi connectivity index (χ2n) is 4.03. The van der Waals surface area contributed by atoms with Crippen molar-refractivity contribution in [3.8, 4) is 0 Å². The van der Waals surface area contributed by atoms with E-state index in [4.69, 9.17) is 4.74 Å². The van der Waals surface area contributed by atoms with Crippen LogP contribution in [0.15, 0.2) is 4.34 Å². The lowest BCUT2D eigenvalue weighted by molar-refractivity contribution is -0.125. The lowest BCUT2D eigenvalue weighted by Gasteiger charge is -2.25. The van der Waals surface area contributed by atoms with E-state index >= 15 is 0 Å². The molecule has 2 heterocycles. The maximum absolute atomic E-state index is 11.5. The number of rotatable bonds is 4. The Morgan fingerprint density at radius 1 is 1.44 bits per heavy atom. The molecule has 1 aromatic rings. The number of nitrogens with zero attached hydrogens (tertiary/aromatic N) is 4. The van der Waals surface area contributed by atoms with Crippen molar-refractivity contribution in [2.24, 2.45) is 0 Å². The monoisotopic (exact) mass is 288 g/mol. The maximum atomic E-state index is 11.5. The van der Waals surface area contributed by atoms with E-state index in [0.717, 1.165) is 35.8 Å². The third-order valence-corrected chi connectivity index (χ3v) is 4.60. The fourth-order valence-electron chi connectivity index (χ4n) is 1.40. The van der Waals surface area contributed by atoms with Crippen LogP contribution in [0.2, 0.25) is 0 Å². The zero-order valence-corrected chi connectivity index (χ0v) is 12.1. The van der Waals surface area contributed by atoms with Crippen molar-refractivity contribution >= 4 is 34.1 Å². The predicted molar refractivity (Wildman–Crippen MR) is 72.4 cm³/mol. The lowest BCUT2D eigenvalue weighted by Crippen LogP contribution is -2.36. The van der Waals surface area contributed by atoms with Gasteiger partial charge >= 0.3 is 0 Å². The van der Waals surface area contributed by atoms with E-state index in [1.54, 1.807) is 19.0 Å². The molecule has 18 heavy (non-hydrogen) atoms. The van der Waals surface area contributed by atoms with Crippen molar-refractivity contribution in [3.63, 3.8) is 0 Å². The Bertz CT molecular complexity index is 404. The normalized spacial score (nSPS) is 15.8. The molecule has 0 N–H and O–H groups in total. The molecule has 0 spiro atoms. The number of anilines is 1. The van der Waals surface area contributed by atoms with E-state index in [1.807, 2.05) is 0 Å². The molecule has 100 valence electrons. The molecule has 0 atom stereocenters. The molecule has 0 radical (unpaired) electrons. The summed E-state index contributed by atoms with van der Waals surface area (Å²) in [7, 11) is 3.50. The van der Waals surface area contributed by atoms with Gasteiger partial charge in [-0.15, -0.1) is 10.2 Å². The van der Waals surface area contributed by atoms with Gasteiger partial charge in [0.25, 0.3) is 0 Å². The van der Waals surface area contributed by atoms with Crippen LogP contribution in [0.3, 0.4) is 0 Å². The molecule has 1 amide bonds. The van der Waals surface area contributed by atoms with Gasteiger partial charge < -0.3 is 14.5 Å². The van der Waals surface area contributed by atoms with Gasteiger partial charge in [-0.25, -0.2) is 0 Å². The van der Waals surface area contributed by atoms with E-state index in [-0.39, 0.29) is 5.91 Å². The number of ether oxygens (including phenoxy) is 1. The second-order valence-corrected chi connectivity index (χ2v) is 6.21. The highest BCUT2D eigenvalue weighted by Gasteiger charge is 2.16. The van der Waals surface area contributed by atoms with Crippen molar-refractivity contribution in [2.75, 3.05) is 51.1 Å². The average molecular weight is 288 g/mol. The van der Waals surface area contributed by atoms with Gasteiger partial charge in [0, 0.05) is 27.2 Å². The number of amides is 1. The zero-order chi connectivity index (χ0) is 13.0. The summed E-state index contributed by atoms with van der Waals surface area (Å²) < 4.78 is 6.13. The standard InChI is InChI=1S/C10H16N4O2S2/c1-13(2)8(15)7-17-10-12-11-9(18-10)14-3-5-16-6-4-14/h3-7H2,1-2H3. The minimum Gasteiger partial charge on any atom is -0.378 e. The highest BCUT2D eigenvalue weighted by atomic mass is 32.2. The van der Waals surface area contributed by atoms with Crippen molar-refractivity contribution in [1.29, 1.82) is 0 Å². The Balaban J connectivity index is 1.87. The first kappa shape index (κ1) is 13.6. The zero-order valence-electron chi connectivity index (χ0n) is 10.5. The summed E-state index contributed by atoms with van der Waals surface area (Å²) in [6, 6.07) is 0. The Hall–Kier alpha value is -0.860. The Morgan fingerprint density at radius 2 is 2.17 bits per heavy atom. The van der Waals surface area contributed by atoms with Crippen LogP contribution in [0.5, 0.6) is 0 Å². The van der Waals surface area contributed by atoms with Crippen LogP contribution in [-0.4, -0.2) is 67.2 Å². The number of hydrogen-bond acceptors (Lipinski definition) is 7. The second kappa shape index (κ2) is 6.35. The summed E-state index contributed by atoms with van der Waals surface area (Å²) in [5.41, 5.74) is 0. The Labute approximate surface area is 114 Å². The van der Waals surface area contributed by atoms with Gasteiger partial charge in [-0.3, -0.25) is 4.79 Å². The van der Waals surface area contributed by atoms with Gasteiger partial charge in [-0.05, 0) is 0 Å². The van der Waals surface area contributed by atoms with Crippen LogP contribution in [0, 0.1) is 0 Å². The smallest absolute Gasteiger partial charge is 0.232 e. The SMILES string of the molecule is CN(C)C(=O)CSc1nnc(N2CCOCC2)s1. The largest absolute Gasteiger partial charge is 0.378 e. The highest BCUT2D eigenvalue weighted by Crippen LogP contribution is 2.28. The third-order valence-electron chi connectivity index (χ3n) is 2.50. The first-order chi connectivity index (χ1) is 8.66. The number of carbonyl (C=O) groups excluding carboxylic acids is 1. The van der Waals surface area contributed by atoms with E-state index in [0.29, 0.717) is 5.75 Å². The minimum atomic E-state index is 0.0862. The fourth-order valence-corrected chi connectivity index (χ4v) is 3.27. The molecule has 2 rings (SSSR count). The summed E-state index contributed by atoms with van der Waals surface area (Å²) in [6.07, 6.45) is 0. The van der Waals surface area contributed by atoms with Crippen LogP contribution in [0.25, 0.3) is 0 Å². The van der Waals surface area contributed by atoms with E-state index < -0.39 is 0 Å². The van der Waals surface area contributed by atoms with Gasteiger partial charge in [-0.2, -0.15) is 0 Å². The lowest BCUT2D eigenvalue weighted by atomic mass is 10.5. The summed E-state index contributed by atoms with van der Waals surface area (Å²) in [6.45, 7) is 3.19. The molecule has 1 aliphatic rings. The molecule has 0 unspecified atom stereocenters. The predicted octanol–water partition coefficient (Wildman–Crippen LogP) is 0.555. The topological polar surface area (TPSA) is 58.6 Å². The van der Waals surface area contributed by atoms with Crippen LogP contribution < -0.4 is 4.90 Å². The number of thioether (sulfide) groups is 1.